The van der Waals surface area contributed by atoms with Crippen molar-refractivity contribution in [3.8, 4) is 22.8 Å². The maximum absolute atomic E-state index is 13.3. The summed E-state index contributed by atoms with van der Waals surface area (Å²) in [7, 11) is 1.58. The summed E-state index contributed by atoms with van der Waals surface area (Å²) < 4.78 is 16.7. The minimum atomic E-state index is -0.706. The van der Waals surface area contributed by atoms with Gasteiger partial charge in [-0.1, -0.05) is 68.8 Å². The van der Waals surface area contributed by atoms with Crippen molar-refractivity contribution in [2.24, 2.45) is 0 Å². The number of fused-ring (bicyclic) bond motifs is 1. The summed E-state index contributed by atoms with van der Waals surface area (Å²) in [4.78, 5) is 26.0. The van der Waals surface area contributed by atoms with Crippen LogP contribution in [0.15, 0.2) is 82.0 Å². The predicted molar refractivity (Wildman–Crippen MR) is 139 cm³/mol. The second kappa shape index (κ2) is 9.80. The maximum Gasteiger partial charge on any atom is 0.336 e. The highest BCUT2D eigenvalue weighted by Crippen LogP contribution is 2.33. The van der Waals surface area contributed by atoms with E-state index in [1.807, 2.05) is 24.3 Å². The van der Waals surface area contributed by atoms with Gasteiger partial charge in [0.05, 0.1) is 12.5 Å². The van der Waals surface area contributed by atoms with Crippen molar-refractivity contribution >= 4 is 34.6 Å². The molecule has 5 nitrogen and oxygen atoms in total. The van der Waals surface area contributed by atoms with E-state index in [4.69, 9.17) is 25.5 Å². The van der Waals surface area contributed by atoms with Crippen LogP contribution < -0.4 is 14.9 Å². The molecule has 3 aromatic carbocycles. The minimum Gasteiger partial charge on any atom is -0.497 e. The molecule has 1 heterocycles. The van der Waals surface area contributed by atoms with Crippen molar-refractivity contribution in [2.75, 3.05) is 7.11 Å². The first-order valence-corrected chi connectivity index (χ1v) is 11.4. The lowest BCUT2D eigenvalue weighted by molar-refractivity contribution is -0.129. The van der Waals surface area contributed by atoms with E-state index in [0.29, 0.717) is 21.9 Å². The van der Waals surface area contributed by atoms with E-state index in [0.717, 1.165) is 11.1 Å². The molecular weight excluding hydrogens is 464 g/mol. The van der Waals surface area contributed by atoms with E-state index in [1.165, 1.54) is 12.1 Å². The van der Waals surface area contributed by atoms with Gasteiger partial charge in [-0.25, -0.2) is 4.79 Å². The Kier molecular flexibility index (Phi) is 6.81. The molecule has 0 saturated heterocycles. The zero-order valence-electron chi connectivity index (χ0n) is 19.9. The van der Waals surface area contributed by atoms with Crippen LogP contribution in [0.5, 0.6) is 11.5 Å². The molecule has 0 saturated carbocycles. The van der Waals surface area contributed by atoms with E-state index in [9.17, 15) is 9.59 Å². The lowest BCUT2D eigenvalue weighted by Gasteiger charge is -2.19. The number of methoxy groups -OCH3 is 1. The first kappa shape index (κ1) is 24.3. The molecule has 178 valence electrons. The van der Waals surface area contributed by atoms with Gasteiger partial charge in [0.15, 0.2) is 5.76 Å². The molecule has 0 N–H and O–H groups in total. The molecule has 0 aliphatic carbocycles. The third kappa shape index (κ3) is 5.47. The number of carbonyl (C=O) groups is 1. The zero-order valence-corrected chi connectivity index (χ0v) is 20.7. The van der Waals surface area contributed by atoms with E-state index in [-0.39, 0.29) is 22.3 Å². The minimum absolute atomic E-state index is 0.0406. The molecule has 0 aliphatic heterocycles. The molecule has 0 aliphatic rings. The second-order valence-corrected chi connectivity index (χ2v) is 9.52. The average molecular weight is 489 g/mol. The topological polar surface area (TPSA) is 65.7 Å². The largest absolute Gasteiger partial charge is 0.497 e. The Balaban J connectivity index is 1.74. The number of carbonyl (C=O) groups excluding carboxylic acids is 1. The normalized spacial score (nSPS) is 11.7. The highest BCUT2D eigenvalue weighted by atomic mass is 35.5. The van der Waals surface area contributed by atoms with Crippen molar-refractivity contribution in [3.63, 3.8) is 0 Å². The lowest BCUT2D eigenvalue weighted by atomic mass is 9.86. The number of ether oxygens (including phenoxy) is 2. The third-order valence-electron chi connectivity index (χ3n) is 5.55. The molecule has 0 amide bonds. The molecule has 1 aromatic heterocycles. The van der Waals surface area contributed by atoms with Crippen LogP contribution in [-0.4, -0.2) is 13.1 Å². The Bertz CT molecular complexity index is 1460. The van der Waals surface area contributed by atoms with Crippen LogP contribution in [0.4, 0.5) is 0 Å². The lowest BCUT2D eigenvalue weighted by Crippen LogP contribution is -2.14. The fourth-order valence-electron chi connectivity index (χ4n) is 3.57. The van der Waals surface area contributed by atoms with Crippen molar-refractivity contribution < 1.29 is 18.7 Å². The first-order chi connectivity index (χ1) is 16.7. The van der Waals surface area contributed by atoms with Crippen LogP contribution in [0.2, 0.25) is 5.02 Å². The quantitative estimate of drug-likeness (QED) is 0.222. The van der Waals surface area contributed by atoms with Gasteiger partial charge in [-0.15, -0.1) is 0 Å². The molecule has 0 bridgehead atoms. The smallest absolute Gasteiger partial charge is 0.336 e. The SMILES string of the molecule is COc1ccc(C=CC(=O)Oc2c(-c3ccc(C(C)(C)C)cc3)oc3ccc(Cl)cc3c2=O)cc1. The number of esters is 1. The van der Waals surface area contributed by atoms with Gasteiger partial charge >= 0.3 is 5.97 Å². The van der Waals surface area contributed by atoms with Gasteiger partial charge in [0, 0.05) is 16.7 Å². The van der Waals surface area contributed by atoms with Gasteiger partial charge in [-0.05, 0) is 52.9 Å². The molecule has 4 rings (SSSR count). The van der Waals surface area contributed by atoms with E-state index in [2.05, 4.69) is 20.8 Å². The Morgan fingerprint density at radius 1 is 0.971 bits per heavy atom. The van der Waals surface area contributed by atoms with Gasteiger partial charge in [0.2, 0.25) is 11.2 Å². The Morgan fingerprint density at radius 2 is 1.66 bits per heavy atom. The molecule has 6 heteroatoms. The Morgan fingerprint density at radius 3 is 2.29 bits per heavy atom. The summed E-state index contributed by atoms with van der Waals surface area (Å²) >= 11 is 6.10. The molecule has 0 atom stereocenters. The van der Waals surface area contributed by atoms with E-state index >= 15 is 0 Å². The fraction of sp³-hybridized carbons (Fsp3) is 0.172. The van der Waals surface area contributed by atoms with Crippen LogP contribution in [0.3, 0.4) is 0 Å². The molecule has 0 unspecified atom stereocenters. The number of rotatable bonds is 5. The average Bonchev–Trinajstić information content (AvgIpc) is 2.84. The predicted octanol–water partition coefficient (Wildman–Crippen LogP) is 7.04. The van der Waals surface area contributed by atoms with Crippen LogP contribution in [0, 0.1) is 0 Å². The van der Waals surface area contributed by atoms with E-state index in [1.54, 1.807) is 49.6 Å². The first-order valence-electron chi connectivity index (χ1n) is 11.1. The van der Waals surface area contributed by atoms with Crippen LogP contribution in [0.25, 0.3) is 28.4 Å². The number of hydrogen-bond donors (Lipinski definition) is 0. The van der Waals surface area contributed by atoms with Gasteiger partial charge in [-0.2, -0.15) is 0 Å². The number of halogens is 1. The van der Waals surface area contributed by atoms with Crippen molar-refractivity contribution in [2.45, 2.75) is 26.2 Å². The number of benzene rings is 3. The van der Waals surface area contributed by atoms with Crippen LogP contribution >= 0.6 is 11.6 Å². The summed E-state index contributed by atoms with van der Waals surface area (Å²) in [5.41, 5.74) is 2.35. The zero-order chi connectivity index (χ0) is 25.2. The summed E-state index contributed by atoms with van der Waals surface area (Å²) in [6, 6.07) is 19.6. The third-order valence-corrected chi connectivity index (χ3v) is 5.79. The van der Waals surface area contributed by atoms with Crippen molar-refractivity contribution in [1.82, 2.24) is 0 Å². The van der Waals surface area contributed by atoms with Gasteiger partial charge in [0.25, 0.3) is 0 Å². The van der Waals surface area contributed by atoms with Gasteiger partial charge in [-0.3, -0.25) is 4.79 Å². The Hall–Kier alpha value is -3.83. The monoisotopic (exact) mass is 488 g/mol. The van der Waals surface area contributed by atoms with Crippen molar-refractivity contribution in [1.29, 1.82) is 0 Å². The van der Waals surface area contributed by atoms with Crippen molar-refractivity contribution in [3.05, 3.63) is 99.2 Å². The summed E-state index contributed by atoms with van der Waals surface area (Å²) in [6.07, 6.45) is 2.86. The summed E-state index contributed by atoms with van der Waals surface area (Å²) in [6.45, 7) is 6.35. The Labute approximate surface area is 208 Å². The van der Waals surface area contributed by atoms with Gasteiger partial charge in [0.1, 0.15) is 11.3 Å². The van der Waals surface area contributed by atoms with Crippen LogP contribution in [-0.2, 0) is 10.2 Å². The second-order valence-electron chi connectivity index (χ2n) is 9.08. The number of hydrogen-bond acceptors (Lipinski definition) is 5. The highest BCUT2D eigenvalue weighted by Gasteiger charge is 2.21. The molecule has 0 fully saturated rings. The molecule has 0 spiro atoms. The highest BCUT2D eigenvalue weighted by molar-refractivity contribution is 6.31. The molecule has 0 radical (unpaired) electrons. The fourth-order valence-corrected chi connectivity index (χ4v) is 3.74. The van der Waals surface area contributed by atoms with E-state index < -0.39 is 11.4 Å². The summed E-state index contributed by atoms with van der Waals surface area (Å²) in [5.74, 6) is -0.00882. The summed E-state index contributed by atoms with van der Waals surface area (Å²) in [5, 5.41) is 0.609. The maximum atomic E-state index is 13.3. The molecule has 35 heavy (non-hydrogen) atoms. The standard InChI is InChI=1S/C29H25ClO5/c1-29(2,3)20-10-8-19(9-11-20)27-28(26(32)23-17-21(30)12-15-24(23)34-27)35-25(31)16-7-18-5-13-22(33-4)14-6-18/h5-17H,1-4H3. The molecule has 4 aromatic rings. The van der Waals surface area contributed by atoms with Gasteiger partial charge < -0.3 is 13.9 Å². The molecular formula is C29H25ClO5. The van der Waals surface area contributed by atoms with Crippen LogP contribution in [0.1, 0.15) is 31.9 Å².